The molecule has 0 atom stereocenters. The summed E-state index contributed by atoms with van der Waals surface area (Å²) in [5.41, 5.74) is 0. The number of hydrogen-bond acceptors (Lipinski definition) is 2. The summed E-state index contributed by atoms with van der Waals surface area (Å²) in [4.78, 5) is 0. The van der Waals surface area contributed by atoms with E-state index in [-0.39, 0.29) is 12.7 Å². The SMILES string of the molecule is CC(C)O.CCO.ClC(Cl)Cl. The van der Waals surface area contributed by atoms with Gasteiger partial charge < -0.3 is 10.2 Å². The molecule has 0 aliphatic rings. The summed E-state index contributed by atoms with van der Waals surface area (Å²) in [7, 11) is 0. The molecule has 0 heterocycles. The molecule has 0 fully saturated rings. The lowest BCUT2D eigenvalue weighted by atomic mass is 10.5. The highest BCUT2D eigenvalue weighted by Gasteiger charge is 1.78. The zero-order chi connectivity index (χ0) is 9.86. The molecule has 0 aromatic carbocycles. The highest BCUT2D eigenvalue weighted by molar-refractivity contribution is 6.63. The fourth-order valence-electron chi connectivity index (χ4n) is 0. The van der Waals surface area contributed by atoms with Gasteiger partial charge in [0.25, 0.3) is 0 Å². The maximum Gasteiger partial charge on any atom is 0.180 e. The van der Waals surface area contributed by atoms with E-state index < -0.39 is 4.30 Å². The third-order valence-corrected chi connectivity index (χ3v) is 0. The first-order valence-electron chi connectivity index (χ1n) is 3.09. The van der Waals surface area contributed by atoms with E-state index in [1.165, 1.54) is 0 Å². The lowest BCUT2D eigenvalue weighted by Crippen LogP contribution is -1.85. The van der Waals surface area contributed by atoms with Crippen LogP contribution in [0.3, 0.4) is 0 Å². The third kappa shape index (κ3) is 1340. The Morgan fingerprint density at radius 2 is 1.18 bits per heavy atom. The van der Waals surface area contributed by atoms with Crippen molar-refractivity contribution in [3.63, 3.8) is 0 Å². The summed E-state index contributed by atoms with van der Waals surface area (Å²) in [6, 6.07) is 0. The molecule has 2 nitrogen and oxygen atoms in total. The minimum atomic E-state index is -0.750. The highest BCUT2D eigenvalue weighted by atomic mass is 35.6. The zero-order valence-corrected chi connectivity index (χ0v) is 9.16. The molecule has 0 aromatic rings. The van der Waals surface area contributed by atoms with Crippen molar-refractivity contribution in [2.24, 2.45) is 0 Å². The predicted octanol–water partition coefficient (Wildman–Crippen LogP) is 2.37. The lowest BCUT2D eigenvalue weighted by Gasteiger charge is -1.80. The summed E-state index contributed by atoms with van der Waals surface area (Å²) in [5.74, 6) is 0. The van der Waals surface area contributed by atoms with Gasteiger partial charge in [-0.1, -0.05) is 34.8 Å². The number of rotatable bonds is 0. The van der Waals surface area contributed by atoms with Crippen molar-refractivity contribution < 1.29 is 10.2 Å². The van der Waals surface area contributed by atoms with Gasteiger partial charge in [0.15, 0.2) is 4.30 Å². The van der Waals surface area contributed by atoms with E-state index in [1.54, 1.807) is 20.8 Å². The molecule has 2 N–H and O–H groups in total. The van der Waals surface area contributed by atoms with Crippen LogP contribution >= 0.6 is 34.8 Å². The minimum absolute atomic E-state index is 0.167. The monoisotopic (exact) mass is 224 g/mol. The fourth-order valence-corrected chi connectivity index (χ4v) is 0. The summed E-state index contributed by atoms with van der Waals surface area (Å²) in [6.45, 7) is 5.38. The van der Waals surface area contributed by atoms with Gasteiger partial charge in [-0.2, -0.15) is 0 Å². The zero-order valence-electron chi connectivity index (χ0n) is 6.89. The van der Waals surface area contributed by atoms with Crippen molar-refractivity contribution in [1.82, 2.24) is 0 Å². The van der Waals surface area contributed by atoms with E-state index in [1.807, 2.05) is 0 Å². The number of hydrogen-bond donors (Lipinski definition) is 2. The van der Waals surface area contributed by atoms with Gasteiger partial charge >= 0.3 is 0 Å². The van der Waals surface area contributed by atoms with Crippen molar-refractivity contribution in [3.05, 3.63) is 0 Å². The van der Waals surface area contributed by atoms with E-state index in [9.17, 15) is 0 Å². The molecule has 5 heteroatoms. The van der Waals surface area contributed by atoms with E-state index in [2.05, 4.69) is 0 Å². The maximum absolute atomic E-state index is 8.06. The Labute approximate surface area is 83.1 Å². The fraction of sp³-hybridized carbons (Fsp3) is 1.00. The Hall–Kier alpha value is 0.790. The minimum Gasteiger partial charge on any atom is -0.397 e. The van der Waals surface area contributed by atoms with Crippen LogP contribution in [0.5, 0.6) is 0 Å². The highest BCUT2D eigenvalue weighted by Crippen LogP contribution is 2.03. The first-order valence-corrected chi connectivity index (χ1v) is 4.40. The molecular formula is C6H15Cl3O2. The number of halogens is 3. The van der Waals surface area contributed by atoms with Crippen LogP contribution in [-0.4, -0.2) is 27.2 Å². The molecule has 0 unspecified atom stereocenters. The van der Waals surface area contributed by atoms with Crippen LogP contribution in [-0.2, 0) is 0 Å². The van der Waals surface area contributed by atoms with Crippen LogP contribution in [0, 0.1) is 0 Å². The van der Waals surface area contributed by atoms with Gasteiger partial charge in [0.2, 0.25) is 0 Å². The molecule has 11 heavy (non-hydrogen) atoms. The summed E-state index contributed by atoms with van der Waals surface area (Å²) >= 11 is 14.4. The number of aliphatic hydroxyl groups is 2. The molecule has 0 saturated carbocycles. The van der Waals surface area contributed by atoms with Crippen LogP contribution in [0.15, 0.2) is 0 Å². The molecule has 0 aliphatic carbocycles. The normalized spacial score (nSPS) is 8.18. The molecule has 0 aromatic heterocycles. The van der Waals surface area contributed by atoms with E-state index in [0.717, 1.165) is 0 Å². The van der Waals surface area contributed by atoms with Crippen LogP contribution < -0.4 is 0 Å². The van der Waals surface area contributed by atoms with Gasteiger partial charge in [0.05, 0.1) is 0 Å². The van der Waals surface area contributed by atoms with Crippen molar-refractivity contribution in [3.8, 4) is 0 Å². The van der Waals surface area contributed by atoms with Crippen molar-refractivity contribution in [2.75, 3.05) is 6.61 Å². The van der Waals surface area contributed by atoms with Crippen molar-refractivity contribution in [2.45, 2.75) is 31.2 Å². The first kappa shape index (κ1) is 17.8. The van der Waals surface area contributed by atoms with Crippen LogP contribution in [0.25, 0.3) is 0 Å². The Morgan fingerprint density at radius 3 is 1.18 bits per heavy atom. The van der Waals surface area contributed by atoms with E-state index >= 15 is 0 Å². The number of aliphatic hydroxyl groups excluding tert-OH is 2. The van der Waals surface area contributed by atoms with E-state index in [4.69, 9.17) is 45.0 Å². The average Bonchev–Trinajstić information content (AvgIpc) is 1.60. The smallest absolute Gasteiger partial charge is 0.180 e. The molecule has 0 saturated heterocycles. The molecule has 0 bridgehead atoms. The second-order valence-electron chi connectivity index (χ2n) is 1.66. The molecule has 72 valence electrons. The van der Waals surface area contributed by atoms with Crippen molar-refractivity contribution >= 4 is 34.8 Å². The van der Waals surface area contributed by atoms with Crippen LogP contribution in [0.4, 0.5) is 0 Å². The molecular weight excluding hydrogens is 210 g/mol. The average molecular weight is 226 g/mol. The second-order valence-corrected chi connectivity index (χ2v) is 3.64. The van der Waals surface area contributed by atoms with Crippen LogP contribution in [0.2, 0.25) is 0 Å². The Kier molecular flexibility index (Phi) is 27.5. The topological polar surface area (TPSA) is 40.5 Å². The van der Waals surface area contributed by atoms with Gasteiger partial charge in [-0.25, -0.2) is 0 Å². The Morgan fingerprint density at radius 1 is 1.18 bits per heavy atom. The first-order chi connectivity index (χ1) is 4.88. The summed E-state index contributed by atoms with van der Waals surface area (Å²) in [6.07, 6.45) is -0.167. The third-order valence-electron chi connectivity index (χ3n) is 0. The lowest BCUT2D eigenvalue weighted by molar-refractivity contribution is 0.216. The molecule has 0 spiro atoms. The summed E-state index contributed by atoms with van der Waals surface area (Å²) in [5, 5.41) is 15.6. The molecule has 0 rings (SSSR count). The second kappa shape index (κ2) is 17.0. The maximum atomic E-state index is 8.06. The molecule has 0 aliphatic heterocycles. The Bertz CT molecular complexity index is 39.6. The standard InChI is InChI=1S/C3H8O.C2H6O.CHCl3/c1-3(2)4;1-2-3;2-1(3)4/h3-4H,1-2H3;3H,2H2,1H3;1H. The number of alkyl halides is 3. The predicted molar refractivity (Wildman–Crippen MR) is 51.5 cm³/mol. The van der Waals surface area contributed by atoms with Crippen molar-refractivity contribution in [1.29, 1.82) is 0 Å². The van der Waals surface area contributed by atoms with Gasteiger partial charge in [0.1, 0.15) is 0 Å². The summed E-state index contributed by atoms with van der Waals surface area (Å²) < 4.78 is -0.750. The molecule has 0 amide bonds. The van der Waals surface area contributed by atoms with Gasteiger partial charge in [-0.15, -0.1) is 0 Å². The molecule has 0 radical (unpaired) electrons. The van der Waals surface area contributed by atoms with Gasteiger partial charge in [0, 0.05) is 12.7 Å². The Balaban J connectivity index is -0.0000000886. The largest absolute Gasteiger partial charge is 0.397 e. The van der Waals surface area contributed by atoms with E-state index in [0.29, 0.717) is 0 Å². The van der Waals surface area contributed by atoms with Gasteiger partial charge in [-0.05, 0) is 20.8 Å². The quantitative estimate of drug-likeness (QED) is 0.622. The van der Waals surface area contributed by atoms with Gasteiger partial charge in [-0.3, -0.25) is 0 Å². The van der Waals surface area contributed by atoms with Crippen LogP contribution in [0.1, 0.15) is 20.8 Å².